The van der Waals surface area contributed by atoms with Crippen molar-refractivity contribution < 1.29 is 4.79 Å². The molecule has 1 saturated heterocycles. The first kappa shape index (κ1) is 21.1. The molecule has 4 heterocycles. The summed E-state index contributed by atoms with van der Waals surface area (Å²) in [4.78, 5) is 36.4. The van der Waals surface area contributed by atoms with Gasteiger partial charge in [0.05, 0.1) is 16.8 Å². The van der Waals surface area contributed by atoms with Gasteiger partial charge in [0.1, 0.15) is 29.0 Å². The molecule has 10 heteroatoms. The van der Waals surface area contributed by atoms with Gasteiger partial charge in [0.25, 0.3) is 5.56 Å². The topological polar surface area (TPSA) is 111 Å². The van der Waals surface area contributed by atoms with E-state index in [1.807, 2.05) is 35.2 Å². The van der Waals surface area contributed by atoms with Gasteiger partial charge >= 0.3 is 0 Å². The number of Topliss-reactive ketones (excluding diaryl/α,β-unsaturated/α-hetero) is 1. The fourth-order valence-electron chi connectivity index (χ4n) is 4.61. The molecular weight excluding hydrogens is 442 g/mol. The van der Waals surface area contributed by atoms with Gasteiger partial charge in [-0.25, -0.2) is 14.5 Å². The second kappa shape index (κ2) is 7.41. The van der Waals surface area contributed by atoms with Crippen molar-refractivity contribution in [3.8, 4) is 5.69 Å². The quantitative estimate of drug-likeness (QED) is 0.462. The minimum atomic E-state index is -0.372. The van der Waals surface area contributed by atoms with Gasteiger partial charge in [0.15, 0.2) is 11.6 Å². The van der Waals surface area contributed by atoms with Crippen molar-refractivity contribution in [1.29, 1.82) is 0 Å². The number of anilines is 2. The Morgan fingerprint density at radius 3 is 2.58 bits per heavy atom. The number of halogens is 1. The van der Waals surface area contributed by atoms with E-state index in [0.29, 0.717) is 34.4 Å². The summed E-state index contributed by atoms with van der Waals surface area (Å²) >= 11 is 6.32. The molecule has 2 N–H and O–H groups in total. The average Bonchev–Trinajstić information content (AvgIpc) is 3.13. The Bertz CT molecular complexity index is 1460. The molecule has 0 radical (unpaired) electrons. The van der Waals surface area contributed by atoms with Gasteiger partial charge in [0.2, 0.25) is 0 Å². The molecule has 168 valence electrons. The molecule has 4 aromatic rings. The van der Waals surface area contributed by atoms with E-state index in [4.69, 9.17) is 22.4 Å². The van der Waals surface area contributed by atoms with Crippen LogP contribution in [0, 0.1) is 5.41 Å². The van der Waals surface area contributed by atoms with Crippen LogP contribution >= 0.6 is 11.6 Å². The monoisotopic (exact) mass is 463 g/mol. The van der Waals surface area contributed by atoms with Crippen molar-refractivity contribution in [3.05, 3.63) is 75.7 Å². The molecule has 9 nitrogen and oxygen atoms in total. The number of nitrogen functional groups attached to an aromatic ring is 1. The van der Waals surface area contributed by atoms with E-state index in [0.717, 1.165) is 0 Å². The number of carbonyl (C=O) groups excluding carboxylic acids is 1. The molecule has 0 amide bonds. The van der Waals surface area contributed by atoms with Crippen molar-refractivity contribution in [2.45, 2.75) is 26.8 Å². The molecule has 0 saturated carbocycles. The van der Waals surface area contributed by atoms with E-state index in [-0.39, 0.29) is 34.2 Å². The minimum Gasteiger partial charge on any atom is -0.383 e. The molecule has 5 rings (SSSR count). The number of para-hydroxylation sites is 1. The summed E-state index contributed by atoms with van der Waals surface area (Å²) in [6.07, 6.45) is 3.00. The predicted molar refractivity (Wildman–Crippen MR) is 126 cm³/mol. The number of ketones is 1. The normalized spacial score (nSPS) is 17.2. The number of rotatable bonds is 4. The van der Waals surface area contributed by atoms with E-state index < -0.39 is 0 Å². The summed E-state index contributed by atoms with van der Waals surface area (Å²) in [5, 5.41) is 5.15. The third-order valence-corrected chi connectivity index (χ3v) is 6.34. The Morgan fingerprint density at radius 2 is 1.91 bits per heavy atom. The highest BCUT2D eigenvalue weighted by atomic mass is 35.5. The molecule has 3 aromatic heterocycles. The number of hydrogen-bond donors (Lipinski definition) is 1. The van der Waals surface area contributed by atoms with Crippen LogP contribution in [0.5, 0.6) is 0 Å². The first-order chi connectivity index (χ1) is 15.7. The highest BCUT2D eigenvalue weighted by molar-refractivity contribution is 6.33. The van der Waals surface area contributed by atoms with E-state index >= 15 is 0 Å². The lowest BCUT2D eigenvalue weighted by Gasteiger charge is -2.54. The van der Waals surface area contributed by atoms with Crippen molar-refractivity contribution in [2.24, 2.45) is 5.41 Å². The van der Waals surface area contributed by atoms with Gasteiger partial charge < -0.3 is 10.6 Å². The zero-order valence-corrected chi connectivity index (χ0v) is 19.1. The second-order valence-electron chi connectivity index (χ2n) is 8.82. The number of aromatic nitrogens is 5. The lowest BCUT2D eigenvalue weighted by Crippen LogP contribution is -2.58. The largest absolute Gasteiger partial charge is 0.383 e. The zero-order chi connectivity index (χ0) is 23.5. The Balaban J connectivity index is 1.79. The third kappa shape index (κ3) is 3.19. The maximum absolute atomic E-state index is 13.7. The Hall–Kier alpha value is -3.72. The van der Waals surface area contributed by atoms with E-state index in [1.165, 1.54) is 17.8 Å². The van der Waals surface area contributed by atoms with E-state index in [1.54, 1.807) is 16.8 Å². The highest BCUT2D eigenvalue weighted by Crippen LogP contribution is 2.50. The molecule has 1 aliphatic heterocycles. The van der Waals surface area contributed by atoms with Crippen molar-refractivity contribution >= 4 is 34.5 Å². The molecule has 1 unspecified atom stereocenters. The molecule has 33 heavy (non-hydrogen) atoms. The second-order valence-corrected chi connectivity index (χ2v) is 9.23. The molecule has 1 fully saturated rings. The number of carbonyl (C=O) groups is 1. The zero-order valence-electron chi connectivity index (χ0n) is 18.4. The van der Waals surface area contributed by atoms with Crippen LogP contribution in [-0.4, -0.2) is 36.5 Å². The fraction of sp³-hybridized carbons (Fsp3) is 0.261. The molecule has 1 aromatic carbocycles. The highest BCUT2D eigenvalue weighted by Gasteiger charge is 2.51. The van der Waals surface area contributed by atoms with Crippen LogP contribution in [0.25, 0.3) is 11.2 Å². The predicted octanol–water partition coefficient (Wildman–Crippen LogP) is 3.30. The SMILES string of the molecule is CC(=O)c1c(N)ncnc1N1CC(C)(C)C1c1nn2ccc(Cl)c2c(=O)n1-c1ccccc1. The summed E-state index contributed by atoms with van der Waals surface area (Å²) in [5.74, 6) is 0.831. The van der Waals surface area contributed by atoms with Gasteiger partial charge in [0, 0.05) is 18.2 Å². The smallest absolute Gasteiger partial charge is 0.284 e. The van der Waals surface area contributed by atoms with Crippen molar-refractivity contribution in [3.63, 3.8) is 0 Å². The summed E-state index contributed by atoms with van der Waals surface area (Å²) < 4.78 is 3.09. The van der Waals surface area contributed by atoms with Crippen LogP contribution in [-0.2, 0) is 0 Å². The van der Waals surface area contributed by atoms with Gasteiger partial charge in [-0.05, 0) is 25.1 Å². The maximum Gasteiger partial charge on any atom is 0.284 e. The lowest BCUT2D eigenvalue weighted by molar-refractivity contribution is 0.101. The molecular formula is C23H22ClN7O2. The van der Waals surface area contributed by atoms with E-state index in [9.17, 15) is 9.59 Å². The first-order valence-electron chi connectivity index (χ1n) is 10.4. The van der Waals surface area contributed by atoms with Crippen molar-refractivity contribution in [2.75, 3.05) is 17.2 Å². The molecule has 0 spiro atoms. The Kier molecular flexibility index (Phi) is 4.75. The summed E-state index contributed by atoms with van der Waals surface area (Å²) in [7, 11) is 0. The molecule has 1 atom stereocenters. The Labute approximate surface area is 194 Å². The minimum absolute atomic E-state index is 0.122. The third-order valence-electron chi connectivity index (χ3n) is 6.03. The number of nitrogens with two attached hydrogens (primary N) is 1. The number of hydrogen-bond acceptors (Lipinski definition) is 7. The van der Waals surface area contributed by atoms with Crippen LogP contribution in [0.3, 0.4) is 0 Å². The van der Waals surface area contributed by atoms with E-state index in [2.05, 4.69) is 23.8 Å². The van der Waals surface area contributed by atoms with Gasteiger partial charge in [-0.1, -0.05) is 43.6 Å². The van der Waals surface area contributed by atoms with Crippen LogP contribution in [0.15, 0.2) is 53.7 Å². The maximum atomic E-state index is 13.7. The Morgan fingerprint density at radius 1 is 1.18 bits per heavy atom. The van der Waals surface area contributed by atoms with Crippen LogP contribution in [0.1, 0.15) is 43.0 Å². The summed E-state index contributed by atoms with van der Waals surface area (Å²) in [6, 6.07) is 10.6. The van der Waals surface area contributed by atoms with Gasteiger partial charge in [-0.2, -0.15) is 5.10 Å². The molecule has 0 bridgehead atoms. The van der Waals surface area contributed by atoms with Crippen LogP contribution in [0.2, 0.25) is 5.02 Å². The fourth-order valence-corrected chi connectivity index (χ4v) is 4.83. The average molecular weight is 464 g/mol. The standard InChI is InChI=1S/C23H22ClN7O2/c1-13(32)16-19(25)26-12-27-20(16)29-11-23(2,3)18(29)21-28-30-10-9-15(24)17(30)22(33)31(21)14-7-5-4-6-8-14/h4-10,12,18H,11H2,1-3H3,(H2,25,26,27). The molecule has 0 aliphatic carbocycles. The van der Waals surface area contributed by atoms with Gasteiger partial charge in [-0.3, -0.25) is 14.2 Å². The van der Waals surface area contributed by atoms with Gasteiger partial charge in [-0.15, -0.1) is 0 Å². The van der Waals surface area contributed by atoms with Crippen LogP contribution < -0.4 is 16.2 Å². The van der Waals surface area contributed by atoms with Crippen LogP contribution in [0.4, 0.5) is 11.6 Å². The molecule has 1 aliphatic rings. The first-order valence-corrected chi connectivity index (χ1v) is 10.8. The number of nitrogens with zero attached hydrogens (tertiary/aromatic N) is 6. The van der Waals surface area contributed by atoms with Crippen molar-refractivity contribution in [1.82, 2.24) is 24.1 Å². The number of fused-ring (bicyclic) bond motifs is 1. The lowest BCUT2D eigenvalue weighted by atomic mass is 9.74. The number of benzene rings is 1. The summed E-state index contributed by atoms with van der Waals surface area (Å²) in [6.45, 7) is 6.19. The summed E-state index contributed by atoms with van der Waals surface area (Å²) in [5.41, 5.74) is 6.69.